The first kappa shape index (κ1) is 19.4. The molecule has 2 N–H and O–H groups in total. The molecule has 1 aliphatic carbocycles. The van der Waals surface area contributed by atoms with E-state index in [-0.39, 0.29) is 30.1 Å². The number of ether oxygens (including phenoxy) is 1. The van der Waals surface area contributed by atoms with Gasteiger partial charge in [-0.2, -0.15) is 0 Å². The van der Waals surface area contributed by atoms with Gasteiger partial charge in [0.1, 0.15) is 6.04 Å². The van der Waals surface area contributed by atoms with E-state index in [1.165, 1.54) is 12.8 Å². The van der Waals surface area contributed by atoms with Crippen LogP contribution in [0.1, 0.15) is 52.9 Å². The molecule has 0 aliphatic heterocycles. The summed E-state index contributed by atoms with van der Waals surface area (Å²) in [5.41, 5.74) is 0. The average molecular weight is 335 g/mol. The lowest BCUT2D eigenvalue weighted by molar-refractivity contribution is -0.139. The number of rotatable bonds is 10. The molecule has 22 heavy (non-hydrogen) atoms. The molecule has 0 heterocycles. The molecule has 1 rings (SSSR count). The van der Waals surface area contributed by atoms with Crippen molar-refractivity contribution in [1.82, 2.24) is 4.72 Å². The Morgan fingerprint density at radius 1 is 1.27 bits per heavy atom. The largest absolute Gasteiger partial charge is 0.480 e. The summed E-state index contributed by atoms with van der Waals surface area (Å²) in [4.78, 5) is 11.1. The molecule has 7 heteroatoms. The molecule has 1 saturated carbocycles. The minimum Gasteiger partial charge on any atom is -0.480 e. The molecule has 130 valence electrons. The monoisotopic (exact) mass is 335 g/mol. The number of carbonyl (C=O) groups is 1. The average Bonchev–Trinajstić information content (AvgIpc) is 2.87. The van der Waals surface area contributed by atoms with Crippen LogP contribution in [0.4, 0.5) is 0 Å². The predicted molar refractivity (Wildman–Crippen MR) is 85.2 cm³/mol. The zero-order valence-electron chi connectivity index (χ0n) is 13.7. The number of sulfonamides is 1. The molecule has 2 atom stereocenters. The van der Waals surface area contributed by atoms with E-state index in [0.29, 0.717) is 6.61 Å². The van der Waals surface area contributed by atoms with Crippen molar-refractivity contribution in [3.63, 3.8) is 0 Å². The normalized spacial score (nSPS) is 19.5. The van der Waals surface area contributed by atoms with Crippen LogP contribution in [-0.2, 0) is 19.6 Å². The molecule has 1 aliphatic rings. The SMILES string of the molecule is CC(C)CC(NS(=O)(=O)CC(C)COC1CCCC1)C(=O)O. The van der Waals surface area contributed by atoms with Crippen molar-refractivity contribution in [3.05, 3.63) is 0 Å². The van der Waals surface area contributed by atoms with Gasteiger partial charge in [0.05, 0.1) is 18.5 Å². The Balaban J connectivity index is 2.44. The second-order valence-electron chi connectivity index (χ2n) is 6.76. The molecule has 0 aromatic carbocycles. The Morgan fingerprint density at radius 2 is 1.86 bits per heavy atom. The van der Waals surface area contributed by atoms with Crippen molar-refractivity contribution in [2.75, 3.05) is 12.4 Å². The van der Waals surface area contributed by atoms with Gasteiger partial charge in [0.15, 0.2) is 0 Å². The summed E-state index contributed by atoms with van der Waals surface area (Å²) >= 11 is 0. The number of carboxylic acid groups (broad SMARTS) is 1. The van der Waals surface area contributed by atoms with Crippen LogP contribution in [0.2, 0.25) is 0 Å². The zero-order chi connectivity index (χ0) is 16.8. The van der Waals surface area contributed by atoms with E-state index < -0.39 is 22.0 Å². The Labute approximate surface area is 133 Å². The van der Waals surface area contributed by atoms with Gasteiger partial charge in [0, 0.05) is 0 Å². The van der Waals surface area contributed by atoms with E-state index in [2.05, 4.69) is 4.72 Å². The van der Waals surface area contributed by atoms with Crippen LogP contribution < -0.4 is 4.72 Å². The highest BCUT2D eigenvalue weighted by Crippen LogP contribution is 2.21. The van der Waals surface area contributed by atoms with E-state index >= 15 is 0 Å². The van der Waals surface area contributed by atoms with Crippen molar-refractivity contribution in [1.29, 1.82) is 0 Å². The fourth-order valence-corrected chi connectivity index (χ4v) is 4.29. The van der Waals surface area contributed by atoms with Crippen molar-refractivity contribution >= 4 is 16.0 Å². The van der Waals surface area contributed by atoms with Crippen LogP contribution in [0.25, 0.3) is 0 Å². The molecular formula is C15H29NO5S. The summed E-state index contributed by atoms with van der Waals surface area (Å²) < 4.78 is 32.2. The Kier molecular flexibility index (Phi) is 7.79. The van der Waals surface area contributed by atoms with Crippen molar-refractivity contribution < 1.29 is 23.1 Å². The summed E-state index contributed by atoms with van der Waals surface area (Å²) in [7, 11) is -3.63. The van der Waals surface area contributed by atoms with Crippen LogP contribution in [0.3, 0.4) is 0 Å². The van der Waals surface area contributed by atoms with Gasteiger partial charge in [-0.1, -0.05) is 33.6 Å². The summed E-state index contributed by atoms with van der Waals surface area (Å²) in [5, 5.41) is 9.11. The Bertz CT molecular complexity index is 443. The van der Waals surface area contributed by atoms with Gasteiger partial charge >= 0.3 is 5.97 Å². The smallest absolute Gasteiger partial charge is 0.321 e. The third-order valence-corrected chi connectivity index (χ3v) is 5.40. The fraction of sp³-hybridized carbons (Fsp3) is 0.933. The maximum Gasteiger partial charge on any atom is 0.321 e. The molecule has 0 spiro atoms. The molecule has 0 bridgehead atoms. The lowest BCUT2D eigenvalue weighted by atomic mass is 10.1. The summed E-state index contributed by atoms with van der Waals surface area (Å²) in [6.07, 6.45) is 4.98. The van der Waals surface area contributed by atoms with Gasteiger partial charge in [0.2, 0.25) is 10.0 Å². The van der Waals surface area contributed by atoms with Gasteiger partial charge < -0.3 is 9.84 Å². The molecule has 6 nitrogen and oxygen atoms in total. The van der Waals surface area contributed by atoms with Gasteiger partial charge in [-0.15, -0.1) is 0 Å². The minimum atomic E-state index is -3.63. The molecular weight excluding hydrogens is 306 g/mol. The highest BCUT2D eigenvalue weighted by Gasteiger charge is 2.26. The third kappa shape index (κ3) is 7.56. The maximum atomic E-state index is 12.1. The fourth-order valence-electron chi connectivity index (χ4n) is 2.71. The van der Waals surface area contributed by atoms with Gasteiger partial charge in [-0.3, -0.25) is 4.79 Å². The molecule has 1 fully saturated rings. The van der Waals surface area contributed by atoms with E-state index in [4.69, 9.17) is 9.84 Å². The topological polar surface area (TPSA) is 92.7 Å². The second-order valence-corrected chi connectivity index (χ2v) is 8.56. The van der Waals surface area contributed by atoms with E-state index in [1.807, 2.05) is 20.8 Å². The van der Waals surface area contributed by atoms with Crippen LogP contribution in [-0.4, -0.2) is 44.0 Å². The zero-order valence-corrected chi connectivity index (χ0v) is 14.6. The molecule has 0 radical (unpaired) electrons. The summed E-state index contributed by atoms with van der Waals surface area (Å²) in [6.45, 7) is 5.94. The van der Waals surface area contributed by atoms with Crippen molar-refractivity contribution in [2.24, 2.45) is 11.8 Å². The summed E-state index contributed by atoms with van der Waals surface area (Å²) in [5.74, 6) is -1.30. The number of nitrogens with one attached hydrogen (secondary N) is 1. The van der Waals surface area contributed by atoms with Gasteiger partial charge in [0.25, 0.3) is 0 Å². The van der Waals surface area contributed by atoms with Crippen LogP contribution in [0.15, 0.2) is 0 Å². The molecule has 0 saturated heterocycles. The standard InChI is InChI=1S/C15H29NO5S/c1-11(2)8-14(15(17)18)16-22(19,20)10-12(3)9-21-13-6-4-5-7-13/h11-14,16H,4-10H2,1-3H3,(H,17,18). The highest BCUT2D eigenvalue weighted by atomic mass is 32.2. The van der Waals surface area contributed by atoms with Crippen LogP contribution in [0.5, 0.6) is 0 Å². The van der Waals surface area contributed by atoms with Crippen molar-refractivity contribution in [3.8, 4) is 0 Å². The summed E-state index contributed by atoms with van der Waals surface area (Å²) in [6, 6.07) is -1.06. The van der Waals surface area contributed by atoms with Gasteiger partial charge in [-0.25, -0.2) is 13.1 Å². The van der Waals surface area contributed by atoms with E-state index in [9.17, 15) is 13.2 Å². The first-order valence-electron chi connectivity index (χ1n) is 8.04. The van der Waals surface area contributed by atoms with E-state index in [1.54, 1.807) is 0 Å². The second kappa shape index (κ2) is 8.84. The third-order valence-electron chi connectivity index (χ3n) is 3.75. The molecule has 2 unspecified atom stereocenters. The first-order chi connectivity index (χ1) is 10.2. The molecule has 0 amide bonds. The Hall–Kier alpha value is -0.660. The quantitative estimate of drug-likeness (QED) is 0.637. The molecule has 0 aromatic rings. The predicted octanol–water partition coefficient (Wildman–Crippen LogP) is 2.00. The van der Waals surface area contributed by atoms with Crippen LogP contribution in [0, 0.1) is 11.8 Å². The maximum absolute atomic E-state index is 12.1. The van der Waals surface area contributed by atoms with Crippen molar-refractivity contribution in [2.45, 2.75) is 65.0 Å². The number of carboxylic acids is 1. The Morgan fingerprint density at radius 3 is 2.36 bits per heavy atom. The molecule has 0 aromatic heterocycles. The minimum absolute atomic E-state index is 0.104. The van der Waals surface area contributed by atoms with Crippen LogP contribution >= 0.6 is 0 Å². The lowest BCUT2D eigenvalue weighted by Gasteiger charge is -2.19. The number of aliphatic carboxylic acids is 1. The van der Waals surface area contributed by atoms with Gasteiger partial charge in [-0.05, 0) is 31.1 Å². The highest BCUT2D eigenvalue weighted by molar-refractivity contribution is 7.89. The number of hydrogen-bond acceptors (Lipinski definition) is 4. The van der Waals surface area contributed by atoms with E-state index in [0.717, 1.165) is 12.8 Å². The number of hydrogen-bond donors (Lipinski definition) is 2. The lowest BCUT2D eigenvalue weighted by Crippen LogP contribution is -2.43. The first-order valence-corrected chi connectivity index (χ1v) is 9.69.